The molecule has 7 nitrogen and oxygen atoms in total. The van der Waals surface area contributed by atoms with Crippen molar-refractivity contribution in [1.29, 1.82) is 0 Å². The SMILES string of the molecule is CCOCc1cc2cc(OCC(O)CNCCCC(=O)Cc3ccc(O)cc3)ccc2o1. The molecule has 3 N–H and O–H groups in total. The predicted octanol–water partition coefficient (Wildman–Crippen LogP) is 3.60. The first-order chi connectivity index (χ1) is 15.5. The maximum Gasteiger partial charge on any atom is 0.137 e. The highest BCUT2D eigenvalue weighted by atomic mass is 16.5. The quantitative estimate of drug-likeness (QED) is 0.329. The Labute approximate surface area is 188 Å². The van der Waals surface area contributed by atoms with Gasteiger partial charge in [-0.1, -0.05) is 12.1 Å². The zero-order valence-corrected chi connectivity index (χ0v) is 18.4. The number of aromatic hydroxyl groups is 1. The number of nitrogens with one attached hydrogen (secondary N) is 1. The number of Topliss-reactive ketones (excluding diaryl/α,β-unsaturated/α-hetero) is 1. The van der Waals surface area contributed by atoms with Gasteiger partial charge in [-0.05, 0) is 61.9 Å². The van der Waals surface area contributed by atoms with E-state index in [1.807, 2.05) is 31.2 Å². The number of rotatable bonds is 14. The second kappa shape index (κ2) is 12.2. The second-order valence-corrected chi connectivity index (χ2v) is 7.70. The van der Waals surface area contributed by atoms with Crippen LogP contribution < -0.4 is 10.1 Å². The van der Waals surface area contributed by atoms with Crippen LogP contribution in [0.3, 0.4) is 0 Å². The Bertz CT molecular complexity index is 982. The number of aliphatic hydroxyl groups is 1. The molecule has 0 bridgehead atoms. The summed E-state index contributed by atoms with van der Waals surface area (Å²) in [6.45, 7) is 4.21. The van der Waals surface area contributed by atoms with E-state index in [4.69, 9.17) is 13.9 Å². The summed E-state index contributed by atoms with van der Waals surface area (Å²) in [5.41, 5.74) is 1.67. The normalized spacial score (nSPS) is 12.2. The van der Waals surface area contributed by atoms with Crippen molar-refractivity contribution < 1.29 is 28.9 Å². The molecule has 0 aliphatic heterocycles. The van der Waals surface area contributed by atoms with Crippen molar-refractivity contribution >= 4 is 16.8 Å². The highest BCUT2D eigenvalue weighted by Crippen LogP contribution is 2.25. The molecule has 0 fully saturated rings. The molecule has 32 heavy (non-hydrogen) atoms. The number of phenols is 1. The largest absolute Gasteiger partial charge is 0.508 e. The molecule has 2 aromatic carbocycles. The molecule has 0 saturated carbocycles. The lowest BCUT2D eigenvalue weighted by Crippen LogP contribution is -2.32. The number of hydrogen-bond donors (Lipinski definition) is 3. The number of aliphatic hydroxyl groups excluding tert-OH is 1. The van der Waals surface area contributed by atoms with Gasteiger partial charge < -0.3 is 29.4 Å². The number of hydrogen-bond acceptors (Lipinski definition) is 7. The van der Waals surface area contributed by atoms with E-state index in [-0.39, 0.29) is 18.1 Å². The molecule has 0 aliphatic carbocycles. The zero-order valence-electron chi connectivity index (χ0n) is 18.4. The van der Waals surface area contributed by atoms with Gasteiger partial charge in [0.05, 0.1) is 0 Å². The van der Waals surface area contributed by atoms with Crippen molar-refractivity contribution in [3.8, 4) is 11.5 Å². The lowest BCUT2D eigenvalue weighted by atomic mass is 10.1. The van der Waals surface area contributed by atoms with Gasteiger partial charge >= 0.3 is 0 Å². The number of ketones is 1. The number of phenolic OH excluding ortho intramolecular Hbond substituents is 1. The van der Waals surface area contributed by atoms with Gasteiger partial charge in [0.1, 0.15) is 47.9 Å². The van der Waals surface area contributed by atoms with Gasteiger partial charge in [0.25, 0.3) is 0 Å². The average Bonchev–Trinajstić information content (AvgIpc) is 3.19. The van der Waals surface area contributed by atoms with Gasteiger partial charge in [-0.25, -0.2) is 0 Å². The fraction of sp³-hybridized carbons (Fsp3) is 0.400. The number of furan rings is 1. The van der Waals surface area contributed by atoms with E-state index in [1.165, 1.54) is 0 Å². The topological polar surface area (TPSA) is 101 Å². The summed E-state index contributed by atoms with van der Waals surface area (Å²) in [7, 11) is 0. The summed E-state index contributed by atoms with van der Waals surface area (Å²) in [5, 5.41) is 23.5. The minimum Gasteiger partial charge on any atom is -0.508 e. The molecule has 1 atom stereocenters. The average molecular weight is 442 g/mol. The van der Waals surface area contributed by atoms with Crippen LogP contribution in [0.2, 0.25) is 0 Å². The molecule has 1 unspecified atom stereocenters. The maximum absolute atomic E-state index is 12.0. The fourth-order valence-electron chi connectivity index (χ4n) is 3.30. The van der Waals surface area contributed by atoms with E-state index >= 15 is 0 Å². The number of carbonyl (C=O) groups is 1. The molecule has 7 heteroatoms. The van der Waals surface area contributed by atoms with Gasteiger partial charge in [0, 0.05) is 31.4 Å². The predicted molar refractivity (Wildman–Crippen MR) is 122 cm³/mol. The Morgan fingerprint density at radius 3 is 2.75 bits per heavy atom. The standard InChI is InChI=1S/C25H31NO6/c1-2-30-17-24-14-19-13-23(9-10-25(19)32-24)31-16-22(29)15-26-11-3-4-21(28)12-18-5-7-20(27)8-6-18/h5-10,13-14,22,26-27,29H,2-4,11-12,15-17H2,1H3. The van der Waals surface area contributed by atoms with E-state index in [1.54, 1.807) is 24.3 Å². The van der Waals surface area contributed by atoms with Crippen molar-refractivity contribution in [2.45, 2.75) is 38.9 Å². The number of benzene rings is 2. The van der Waals surface area contributed by atoms with Crippen molar-refractivity contribution in [2.24, 2.45) is 0 Å². The molecule has 172 valence electrons. The molecule has 3 aromatic rings. The smallest absolute Gasteiger partial charge is 0.137 e. The molecule has 0 spiro atoms. The molecule has 0 radical (unpaired) electrons. The van der Waals surface area contributed by atoms with E-state index in [9.17, 15) is 15.0 Å². The highest BCUT2D eigenvalue weighted by Gasteiger charge is 2.09. The monoisotopic (exact) mass is 441 g/mol. The molecular weight excluding hydrogens is 410 g/mol. The van der Waals surface area contributed by atoms with Crippen molar-refractivity contribution in [3.63, 3.8) is 0 Å². The maximum atomic E-state index is 12.0. The Balaban J connectivity index is 1.30. The third kappa shape index (κ3) is 7.67. The van der Waals surface area contributed by atoms with Gasteiger partial charge in [0.15, 0.2) is 0 Å². The summed E-state index contributed by atoms with van der Waals surface area (Å²) in [5.74, 6) is 1.78. The Morgan fingerprint density at radius 2 is 1.97 bits per heavy atom. The Hall–Kier alpha value is -2.87. The minimum absolute atomic E-state index is 0.153. The minimum atomic E-state index is -0.656. The van der Waals surface area contributed by atoms with E-state index in [2.05, 4.69) is 5.32 Å². The zero-order chi connectivity index (χ0) is 22.8. The summed E-state index contributed by atoms with van der Waals surface area (Å²) in [6, 6.07) is 14.2. The lowest BCUT2D eigenvalue weighted by Gasteiger charge is -2.13. The van der Waals surface area contributed by atoms with Gasteiger partial charge in [0.2, 0.25) is 0 Å². The first-order valence-electron chi connectivity index (χ1n) is 10.9. The number of carbonyl (C=O) groups excluding carboxylic acids is 1. The van der Waals surface area contributed by atoms with Gasteiger partial charge in [-0.2, -0.15) is 0 Å². The van der Waals surface area contributed by atoms with Crippen LogP contribution in [-0.2, 0) is 22.6 Å². The van der Waals surface area contributed by atoms with Gasteiger partial charge in [-0.15, -0.1) is 0 Å². The van der Waals surface area contributed by atoms with Gasteiger partial charge in [-0.3, -0.25) is 4.79 Å². The van der Waals surface area contributed by atoms with Crippen LogP contribution in [0, 0.1) is 0 Å². The van der Waals surface area contributed by atoms with Crippen molar-refractivity contribution in [2.75, 3.05) is 26.3 Å². The molecular formula is C25H31NO6. The highest BCUT2D eigenvalue weighted by molar-refractivity contribution is 5.81. The van der Waals surface area contributed by atoms with Crippen LogP contribution in [0.5, 0.6) is 11.5 Å². The molecule has 0 saturated heterocycles. The Kier molecular flexibility index (Phi) is 9.10. The number of ether oxygens (including phenoxy) is 2. The second-order valence-electron chi connectivity index (χ2n) is 7.70. The van der Waals surface area contributed by atoms with Crippen LogP contribution in [0.25, 0.3) is 11.0 Å². The summed E-state index contributed by atoms with van der Waals surface area (Å²) < 4.78 is 16.8. The van der Waals surface area contributed by atoms with Crippen LogP contribution >= 0.6 is 0 Å². The van der Waals surface area contributed by atoms with E-state index in [0.29, 0.717) is 51.3 Å². The van der Waals surface area contributed by atoms with Crippen molar-refractivity contribution in [3.05, 3.63) is 59.9 Å². The molecule has 1 aromatic heterocycles. The van der Waals surface area contributed by atoms with Crippen LogP contribution in [0.15, 0.2) is 52.9 Å². The van der Waals surface area contributed by atoms with Crippen LogP contribution in [0.1, 0.15) is 31.1 Å². The van der Waals surface area contributed by atoms with E-state index in [0.717, 1.165) is 22.3 Å². The summed E-state index contributed by atoms with van der Waals surface area (Å²) in [6.07, 6.45) is 0.879. The lowest BCUT2D eigenvalue weighted by molar-refractivity contribution is -0.118. The third-order valence-electron chi connectivity index (χ3n) is 4.96. The molecule has 0 amide bonds. The number of fused-ring (bicyclic) bond motifs is 1. The van der Waals surface area contributed by atoms with Crippen molar-refractivity contribution in [1.82, 2.24) is 5.32 Å². The van der Waals surface area contributed by atoms with E-state index < -0.39 is 6.10 Å². The first-order valence-corrected chi connectivity index (χ1v) is 10.9. The Morgan fingerprint density at radius 1 is 1.16 bits per heavy atom. The third-order valence-corrected chi connectivity index (χ3v) is 4.96. The molecule has 0 aliphatic rings. The summed E-state index contributed by atoms with van der Waals surface area (Å²) in [4.78, 5) is 12.0. The van der Waals surface area contributed by atoms with Crippen LogP contribution in [0.4, 0.5) is 0 Å². The molecule has 1 heterocycles. The molecule has 3 rings (SSSR count). The summed E-state index contributed by atoms with van der Waals surface area (Å²) >= 11 is 0. The first kappa shape index (κ1) is 23.8. The van der Waals surface area contributed by atoms with Crippen LogP contribution in [-0.4, -0.2) is 48.4 Å². The fourth-order valence-corrected chi connectivity index (χ4v) is 3.30.